The quantitative estimate of drug-likeness (QED) is 0.783. The number of carbonyl (C=O) groups is 2. The molecule has 4 nitrogen and oxygen atoms in total. The third-order valence-corrected chi connectivity index (χ3v) is 2.56. The van der Waals surface area contributed by atoms with Gasteiger partial charge in [0.05, 0.1) is 5.88 Å². The second-order valence-corrected chi connectivity index (χ2v) is 4.11. The summed E-state index contributed by atoms with van der Waals surface area (Å²) in [6.07, 6.45) is -1.43. The van der Waals surface area contributed by atoms with E-state index in [1.54, 1.807) is 19.1 Å². The van der Waals surface area contributed by atoms with Crippen LogP contribution in [0.3, 0.4) is 0 Å². The number of aliphatic hydroxyl groups is 1. The monoisotopic (exact) mass is 256 g/mol. The Kier molecular flexibility index (Phi) is 4.66. The molecular formula is C12H13ClO4. The van der Waals surface area contributed by atoms with Crippen LogP contribution in [0.5, 0.6) is 0 Å². The number of carboxylic acid groups (broad SMARTS) is 1. The number of aryl methyl sites for hydroxylation is 1. The summed E-state index contributed by atoms with van der Waals surface area (Å²) in [5, 5.41) is 18.1. The summed E-state index contributed by atoms with van der Waals surface area (Å²) in [7, 11) is 0. The van der Waals surface area contributed by atoms with Crippen LogP contribution >= 0.6 is 11.6 Å². The van der Waals surface area contributed by atoms with Crippen molar-refractivity contribution < 1.29 is 19.8 Å². The third kappa shape index (κ3) is 3.84. The van der Waals surface area contributed by atoms with Crippen LogP contribution in [-0.2, 0) is 16.0 Å². The van der Waals surface area contributed by atoms with Crippen LogP contribution in [0.2, 0.25) is 0 Å². The summed E-state index contributed by atoms with van der Waals surface area (Å²) in [5.41, 5.74) is 1.72. The number of rotatable bonds is 5. The molecule has 1 unspecified atom stereocenters. The fourth-order valence-corrected chi connectivity index (χ4v) is 1.67. The topological polar surface area (TPSA) is 74.6 Å². The third-order valence-electron chi connectivity index (χ3n) is 2.26. The molecule has 0 aliphatic rings. The Morgan fingerprint density at radius 2 is 2.00 bits per heavy atom. The Morgan fingerprint density at radius 1 is 1.35 bits per heavy atom. The van der Waals surface area contributed by atoms with Gasteiger partial charge in [-0.3, -0.25) is 4.79 Å². The van der Waals surface area contributed by atoms with Gasteiger partial charge in [-0.2, -0.15) is 0 Å². The molecule has 17 heavy (non-hydrogen) atoms. The summed E-state index contributed by atoms with van der Waals surface area (Å²) in [6, 6.07) is 4.85. The minimum atomic E-state index is -1.57. The number of carboxylic acids is 1. The van der Waals surface area contributed by atoms with Gasteiger partial charge in [-0.15, -0.1) is 11.6 Å². The predicted octanol–water partition coefficient (Wildman–Crippen LogP) is 1.46. The van der Waals surface area contributed by atoms with Crippen LogP contribution in [0, 0.1) is 6.92 Å². The summed E-state index contributed by atoms with van der Waals surface area (Å²) in [6.45, 7) is 1.77. The Hall–Kier alpha value is -1.39. The van der Waals surface area contributed by atoms with Crippen molar-refractivity contribution in [2.45, 2.75) is 19.4 Å². The number of aliphatic carboxylic acids is 1. The second kappa shape index (κ2) is 5.80. The lowest BCUT2D eigenvalue weighted by molar-refractivity contribution is -0.146. The number of alkyl halides is 1. The molecule has 0 saturated heterocycles. The Morgan fingerprint density at radius 3 is 2.53 bits per heavy atom. The number of ketones is 1. The first-order chi connectivity index (χ1) is 7.93. The molecular weight excluding hydrogens is 244 g/mol. The molecule has 0 aromatic heterocycles. The molecule has 0 bridgehead atoms. The summed E-state index contributed by atoms with van der Waals surface area (Å²) in [4.78, 5) is 21.9. The molecule has 1 atom stereocenters. The number of carbonyl (C=O) groups excluding carboxylic acids is 1. The first-order valence-electron chi connectivity index (χ1n) is 5.03. The highest BCUT2D eigenvalue weighted by molar-refractivity contribution is 6.27. The number of halogens is 1. The number of hydrogen-bond acceptors (Lipinski definition) is 3. The highest BCUT2D eigenvalue weighted by Gasteiger charge is 2.17. The van der Waals surface area contributed by atoms with Gasteiger partial charge in [0.25, 0.3) is 0 Å². The van der Waals surface area contributed by atoms with Gasteiger partial charge in [0.1, 0.15) is 0 Å². The van der Waals surface area contributed by atoms with Crippen molar-refractivity contribution in [2.24, 2.45) is 0 Å². The van der Waals surface area contributed by atoms with Gasteiger partial charge in [0, 0.05) is 6.42 Å². The molecule has 5 heteroatoms. The zero-order valence-electron chi connectivity index (χ0n) is 9.31. The molecule has 0 aliphatic carbocycles. The first kappa shape index (κ1) is 13.7. The maximum atomic E-state index is 11.2. The van der Waals surface area contributed by atoms with E-state index in [1.807, 2.05) is 0 Å². The maximum absolute atomic E-state index is 11.2. The fraction of sp³-hybridized carbons (Fsp3) is 0.333. The smallest absolute Gasteiger partial charge is 0.337 e. The van der Waals surface area contributed by atoms with E-state index in [-0.39, 0.29) is 23.6 Å². The molecule has 1 rings (SSSR count). The van der Waals surface area contributed by atoms with Gasteiger partial charge in [-0.05, 0) is 18.1 Å². The fourth-order valence-electron chi connectivity index (χ4n) is 1.57. The molecule has 0 amide bonds. The molecule has 0 saturated carbocycles. The van der Waals surface area contributed by atoms with Crippen molar-refractivity contribution in [3.05, 3.63) is 34.9 Å². The number of Topliss-reactive ketones (excluding diaryl/α,β-unsaturated/α-hetero) is 1. The number of aliphatic hydroxyl groups excluding tert-OH is 1. The van der Waals surface area contributed by atoms with Crippen molar-refractivity contribution in [3.63, 3.8) is 0 Å². The molecule has 2 N–H and O–H groups in total. The van der Waals surface area contributed by atoms with E-state index >= 15 is 0 Å². The second-order valence-electron chi connectivity index (χ2n) is 3.84. The lowest BCUT2D eigenvalue weighted by atomic mass is 10.00. The van der Waals surface area contributed by atoms with Crippen molar-refractivity contribution in [1.82, 2.24) is 0 Å². The SMILES string of the molecule is Cc1cc(CC(=O)CCl)cc(C(O)C(=O)O)c1. The summed E-state index contributed by atoms with van der Waals surface area (Å²) < 4.78 is 0. The normalized spacial score (nSPS) is 12.2. The highest BCUT2D eigenvalue weighted by atomic mass is 35.5. The predicted molar refractivity (Wildman–Crippen MR) is 63.2 cm³/mol. The zero-order chi connectivity index (χ0) is 13.0. The van der Waals surface area contributed by atoms with Crippen molar-refractivity contribution in [1.29, 1.82) is 0 Å². The van der Waals surface area contributed by atoms with Crippen LogP contribution in [0.1, 0.15) is 22.8 Å². The molecule has 0 spiro atoms. The molecule has 1 aromatic rings. The highest BCUT2D eigenvalue weighted by Crippen LogP contribution is 2.18. The number of hydrogen-bond donors (Lipinski definition) is 2. The minimum Gasteiger partial charge on any atom is -0.479 e. The molecule has 0 aliphatic heterocycles. The summed E-state index contributed by atoms with van der Waals surface area (Å²) >= 11 is 5.40. The average Bonchev–Trinajstić information content (AvgIpc) is 2.26. The molecule has 0 radical (unpaired) electrons. The van der Waals surface area contributed by atoms with Crippen molar-refractivity contribution in [3.8, 4) is 0 Å². The maximum Gasteiger partial charge on any atom is 0.337 e. The average molecular weight is 257 g/mol. The van der Waals surface area contributed by atoms with Crippen molar-refractivity contribution in [2.75, 3.05) is 5.88 Å². The first-order valence-corrected chi connectivity index (χ1v) is 5.56. The molecule has 92 valence electrons. The lowest BCUT2D eigenvalue weighted by Crippen LogP contribution is -2.12. The van der Waals surface area contributed by atoms with Gasteiger partial charge in [-0.25, -0.2) is 4.79 Å². The summed E-state index contributed by atoms with van der Waals surface area (Å²) in [5.74, 6) is -1.54. The van der Waals surface area contributed by atoms with Crippen LogP contribution in [0.15, 0.2) is 18.2 Å². The van der Waals surface area contributed by atoms with Gasteiger partial charge in [0.15, 0.2) is 11.9 Å². The minimum absolute atomic E-state index is 0.0786. The Balaban J connectivity index is 3.01. The molecule has 1 aromatic carbocycles. The van der Waals surface area contributed by atoms with E-state index in [9.17, 15) is 14.7 Å². The Bertz CT molecular complexity index is 442. The standard InChI is InChI=1S/C12H13ClO4/c1-7-2-8(5-10(14)6-13)4-9(3-7)11(15)12(16)17/h2-4,11,15H,5-6H2,1H3,(H,16,17). The van der Waals surface area contributed by atoms with Crippen LogP contribution in [-0.4, -0.2) is 27.8 Å². The largest absolute Gasteiger partial charge is 0.479 e. The van der Waals surface area contributed by atoms with Crippen LogP contribution < -0.4 is 0 Å². The lowest BCUT2D eigenvalue weighted by Gasteiger charge is -2.09. The van der Waals surface area contributed by atoms with Crippen molar-refractivity contribution >= 4 is 23.4 Å². The molecule has 0 heterocycles. The number of benzene rings is 1. The molecule has 0 fully saturated rings. The van der Waals surface area contributed by atoms with E-state index < -0.39 is 12.1 Å². The van der Waals surface area contributed by atoms with Crippen LogP contribution in [0.4, 0.5) is 0 Å². The van der Waals surface area contributed by atoms with Gasteiger partial charge >= 0.3 is 5.97 Å². The zero-order valence-corrected chi connectivity index (χ0v) is 10.1. The van der Waals surface area contributed by atoms with Crippen LogP contribution in [0.25, 0.3) is 0 Å². The van der Waals surface area contributed by atoms with E-state index in [0.29, 0.717) is 5.56 Å². The van der Waals surface area contributed by atoms with E-state index in [1.165, 1.54) is 6.07 Å². The van der Waals surface area contributed by atoms with Gasteiger partial charge in [-0.1, -0.05) is 23.8 Å². The van der Waals surface area contributed by atoms with Gasteiger partial charge in [0.2, 0.25) is 0 Å². The van der Waals surface area contributed by atoms with E-state index in [2.05, 4.69) is 0 Å². The van der Waals surface area contributed by atoms with E-state index in [4.69, 9.17) is 16.7 Å². The van der Waals surface area contributed by atoms with Gasteiger partial charge < -0.3 is 10.2 Å². The Labute approximate surface area is 104 Å². The van der Waals surface area contributed by atoms with E-state index in [0.717, 1.165) is 5.56 Å².